The summed E-state index contributed by atoms with van der Waals surface area (Å²) in [6.07, 6.45) is 14.5. The molecule has 3 nitrogen and oxygen atoms in total. The van der Waals surface area contributed by atoms with Crippen molar-refractivity contribution in [2.75, 3.05) is 13.2 Å². The maximum atomic E-state index is 10.4. The van der Waals surface area contributed by atoms with Crippen molar-refractivity contribution in [1.82, 2.24) is 0 Å². The van der Waals surface area contributed by atoms with Gasteiger partial charge in [-0.05, 0) is 71.8 Å². The minimum atomic E-state index is -0.00334. The van der Waals surface area contributed by atoms with Gasteiger partial charge < -0.3 is 9.47 Å². The first-order valence-electron chi connectivity index (χ1n) is 8.77. The lowest BCUT2D eigenvalue weighted by Gasteiger charge is -2.22. The number of rotatable bonds is 10. The highest BCUT2D eigenvalue weighted by atomic mass is 16.7. The summed E-state index contributed by atoms with van der Waals surface area (Å²) in [4.78, 5) is 10.4. The predicted molar refractivity (Wildman–Crippen MR) is 95.3 cm³/mol. The van der Waals surface area contributed by atoms with E-state index in [9.17, 15) is 4.79 Å². The lowest BCUT2D eigenvalue weighted by atomic mass is 10.1. The van der Waals surface area contributed by atoms with Gasteiger partial charge in [-0.2, -0.15) is 0 Å². The van der Waals surface area contributed by atoms with Gasteiger partial charge in [0.05, 0.1) is 6.61 Å². The molecule has 0 N–H and O–H groups in total. The lowest BCUT2D eigenvalue weighted by molar-refractivity contribution is -0.156. The molecule has 0 aliphatic carbocycles. The van der Waals surface area contributed by atoms with Gasteiger partial charge in [-0.25, -0.2) is 0 Å². The molecule has 1 aliphatic heterocycles. The summed E-state index contributed by atoms with van der Waals surface area (Å²) in [7, 11) is 0. The molecule has 1 atom stereocenters. The van der Waals surface area contributed by atoms with Crippen molar-refractivity contribution in [3.05, 3.63) is 34.9 Å². The average molecular weight is 320 g/mol. The molecule has 1 fully saturated rings. The third-order valence-corrected chi connectivity index (χ3v) is 4.05. The highest BCUT2D eigenvalue weighted by molar-refractivity contribution is 5.65. The molecule has 3 heteroatoms. The lowest BCUT2D eigenvalue weighted by Crippen LogP contribution is -2.22. The van der Waals surface area contributed by atoms with E-state index >= 15 is 0 Å². The molecule has 0 amide bonds. The fourth-order valence-electron chi connectivity index (χ4n) is 2.52. The molecular formula is C20H32O3. The molecule has 0 aromatic carbocycles. The summed E-state index contributed by atoms with van der Waals surface area (Å²) in [6, 6.07) is 0. The van der Waals surface area contributed by atoms with Crippen molar-refractivity contribution >= 4 is 6.29 Å². The minimum Gasteiger partial charge on any atom is -0.353 e. The summed E-state index contributed by atoms with van der Waals surface area (Å²) < 4.78 is 11.3. The molecule has 1 aliphatic rings. The Kier molecular flexibility index (Phi) is 10.6. The number of aldehydes is 1. The molecule has 0 radical (unpaired) electrons. The second kappa shape index (κ2) is 12.3. The zero-order chi connectivity index (χ0) is 16.9. The van der Waals surface area contributed by atoms with E-state index in [4.69, 9.17) is 9.47 Å². The molecule has 1 saturated heterocycles. The maximum Gasteiger partial charge on any atom is 0.158 e. The van der Waals surface area contributed by atoms with Gasteiger partial charge >= 0.3 is 0 Å². The smallest absolute Gasteiger partial charge is 0.158 e. The number of hydrogen-bond acceptors (Lipinski definition) is 3. The van der Waals surface area contributed by atoms with Crippen LogP contribution in [0.5, 0.6) is 0 Å². The van der Waals surface area contributed by atoms with Gasteiger partial charge in [-0.15, -0.1) is 0 Å². The molecule has 1 unspecified atom stereocenters. The van der Waals surface area contributed by atoms with Gasteiger partial charge in [-0.1, -0.05) is 28.9 Å². The Hall–Kier alpha value is -1.19. The molecule has 23 heavy (non-hydrogen) atoms. The van der Waals surface area contributed by atoms with Crippen molar-refractivity contribution in [2.45, 2.75) is 72.0 Å². The van der Waals surface area contributed by atoms with Crippen LogP contribution in [0, 0.1) is 0 Å². The Labute approximate surface area is 141 Å². The van der Waals surface area contributed by atoms with Crippen LogP contribution in [0.25, 0.3) is 0 Å². The number of carbonyl (C=O) groups is 1. The summed E-state index contributed by atoms with van der Waals surface area (Å²) in [5.41, 5.74) is 3.82. The van der Waals surface area contributed by atoms with Crippen molar-refractivity contribution < 1.29 is 14.3 Å². The van der Waals surface area contributed by atoms with Crippen molar-refractivity contribution in [1.29, 1.82) is 0 Å². The Morgan fingerprint density at radius 2 is 1.74 bits per heavy atom. The SMILES string of the molecule is C/C(=C\C=O)CC/C=C(\C)CC/C=C(\C)COC1CCCCO1. The second-order valence-electron chi connectivity index (χ2n) is 6.43. The van der Waals surface area contributed by atoms with Crippen molar-refractivity contribution in [3.8, 4) is 0 Å². The van der Waals surface area contributed by atoms with E-state index in [2.05, 4.69) is 26.0 Å². The summed E-state index contributed by atoms with van der Waals surface area (Å²) >= 11 is 0. The standard InChI is InChI=1S/C20H32O3/c1-17(8-6-10-18(2)13-14-21)9-7-11-19(3)16-23-20-12-4-5-15-22-20/h8,11,13-14,20H,4-7,9-10,12,15-16H2,1-3H3/b17-8+,18-13+,19-11+. The van der Waals surface area contributed by atoms with Crippen LogP contribution in [-0.2, 0) is 14.3 Å². The van der Waals surface area contributed by atoms with Gasteiger partial charge in [0.15, 0.2) is 6.29 Å². The average Bonchev–Trinajstić information content (AvgIpc) is 2.54. The fraction of sp³-hybridized carbons (Fsp3) is 0.650. The van der Waals surface area contributed by atoms with Crippen molar-refractivity contribution in [2.24, 2.45) is 0 Å². The van der Waals surface area contributed by atoms with E-state index in [0.717, 1.165) is 57.0 Å². The van der Waals surface area contributed by atoms with E-state index in [1.807, 2.05) is 6.92 Å². The van der Waals surface area contributed by atoms with Gasteiger partial charge in [0.25, 0.3) is 0 Å². The van der Waals surface area contributed by atoms with E-state index in [1.54, 1.807) is 6.08 Å². The van der Waals surface area contributed by atoms with Crippen LogP contribution >= 0.6 is 0 Å². The van der Waals surface area contributed by atoms with Crippen LogP contribution in [0.1, 0.15) is 65.7 Å². The largest absolute Gasteiger partial charge is 0.353 e. The molecule has 0 saturated carbocycles. The van der Waals surface area contributed by atoms with E-state index < -0.39 is 0 Å². The number of allylic oxidation sites excluding steroid dienone is 5. The Bertz CT molecular complexity index is 426. The van der Waals surface area contributed by atoms with E-state index in [-0.39, 0.29) is 6.29 Å². The van der Waals surface area contributed by atoms with Gasteiger partial charge in [-0.3, -0.25) is 4.79 Å². The van der Waals surface area contributed by atoms with Crippen LogP contribution in [0.3, 0.4) is 0 Å². The van der Waals surface area contributed by atoms with Crippen molar-refractivity contribution in [3.63, 3.8) is 0 Å². The monoisotopic (exact) mass is 320 g/mol. The van der Waals surface area contributed by atoms with E-state index in [0.29, 0.717) is 6.61 Å². The summed E-state index contributed by atoms with van der Waals surface area (Å²) in [5.74, 6) is 0. The van der Waals surface area contributed by atoms with Gasteiger partial charge in [0.1, 0.15) is 6.29 Å². The second-order valence-corrected chi connectivity index (χ2v) is 6.43. The minimum absolute atomic E-state index is 0.00334. The molecule has 0 spiro atoms. The Balaban J connectivity index is 2.17. The molecule has 1 heterocycles. The summed E-state index contributed by atoms with van der Waals surface area (Å²) in [6.45, 7) is 7.80. The molecule has 0 aromatic heterocycles. The highest BCUT2D eigenvalue weighted by Crippen LogP contribution is 2.15. The van der Waals surface area contributed by atoms with Gasteiger partial charge in [0, 0.05) is 6.61 Å². The Morgan fingerprint density at radius 1 is 1.04 bits per heavy atom. The number of hydrogen-bond donors (Lipinski definition) is 0. The maximum absolute atomic E-state index is 10.4. The fourth-order valence-corrected chi connectivity index (χ4v) is 2.52. The molecule has 0 bridgehead atoms. The first kappa shape index (κ1) is 19.9. The zero-order valence-corrected chi connectivity index (χ0v) is 15.0. The molecular weight excluding hydrogens is 288 g/mol. The third-order valence-electron chi connectivity index (χ3n) is 4.05. The molecule has 0 aromatic rings. The topological polar surface area (TPSA) is 35.5 Å². The quantitative estimate of drug-likeness (QED) is 0.318. The summed E-state index contributed by atoms with van der Waals surface area (Å²) in [5, 5.41) is 0. The molecule has 130 valence electrons. The van der Waals surface area contributed by atoms with Crippen LogP contribution in [0.15, 0.2) is 34.9 Å². The predicted octanol–water partition coefficient (Wildman–Crippen LogP) is 5.13. The first-order chi connectivity index (χ1) is 11.1. The van der Waals surface area contributed by atoms with Crippen LogP contribution in [0.2, 0.25) is 0 Å². The van der Waals surface area contributed by atoms with E-state index in [1.165, 1.54) is 17.6 Å². The third kappa shape index (κ3) is 10.2. The highest BCUT2D eigenvalue weighted by Gasteiger charge is 2.13. The number of ether oxygens (including phenoxy) is 2. The zero-order valence-electron chi connectivity index (χ0n) is 15.0. The Morgan fingerprint density at radius 3 is 2.39 bits per heavy atom. The number of carbonyl (C=O) groups excluding carboxylic acids is 1. The van der Waals surface area contributed by atoms with Crippen LogP contribution in [0.4, 0.5) is 0 Å². The normalized spacial score (nSPS) is 20.7. The van der Waals surface area contributed by atoms with Gasteiger partial charge in [0.2, 0.25) is 0 Å². The van der Waals surface area contributed by atoms with Crippen LogP contribution < -0.4 is 0 Å². The first-order valence-corrected chi connectivity index (χ1v) is 8.77. The molecule has 1 rings (SSSR count). The van der Waals surface area contributed by atoms with Crippen LogP contribution in [-0.4, -0.2) is 25.8 Å².